The second-order valence-corrected chi connectivity index (χ2v) is 7.68. The van der Waals surface area contributed by atoms with Crippen LogP contribution in [0.3, 0.4) is 0 Å². The Labute approximate surface area is 158 Å². The van der Waals surface area contributed by atoms with E-state index in [0.29, 0.717) is 12.1 Å². The maximum atomic E-state index is 13.4. The molecule has 0 aliphatic rings. The van der Waals surface area contributed by atoms with E-state index in [-0.39, 0.29) is 5.78 Å². The average Bonchev–Trinajstić information content (AvgIpc) is 2.61. The topological polar surface area (TPSA) is 23.6 Å². The molecule has 2 aromatic rings. The van der Waals surface area contributed by atoms with Crippen molar-refractivity contribution >= 4 is 5.78 Å². The summed E-state index contributed by atoms with van der Waals surface area (Å²) in [5.41, 5.74) is 3.89. The van der Waals surface area contributed by atoms with Gasteiger partial charge in [0, 0.05) is 23.2 Å². The van der Waals surface area contributed by atoms with Gasteiger partial charge in [0.25, 0.3) is 0 Å². The molecule has 2 aromatic carbocycles. The zero-order chi connectivity index (χ0) is 19.3. The van der Waals surface area contributed by atoms with Crippen LogP contribution in [0.2, 0.25) is 0 Å². The first-order valence-electron chi connectivity index (χ1n) is 9.34. The Morgan fingerprint density at radius 3 is 1.42 bits per heavy atom. The van der Waals surface area contributed by atoms with Gasteiger partial charge in [0.2, 0.25) is 0 Å². The molecule has 0 N–H and O–H groups in total. The summed E-state index contributed by atoms with van der Waals surface area (Å²) in [5, 5.41) is 0. The molecule has 0 aliphatic heterocycles. The Bertz CT molecular complexity index is 675. The Hall–Kier alpha value is -1.97. The molecule has 0 saturated heterocycles. The molecule has 0 fully saturated rings. The molecule has 2 atom stereocenters. The Kier molecular flexibility index (Phi) is 7.13. The van der Waals surface area contributed by atoms with Crippen molar-refractivity contribution in [2.75, 3.05) is 28.2 Å². The lowest BCUT2D eigenvalue weighted by molar-refractivity contribution is 0.103. The van der Waals surface area contributed by atoms with Crippen LogP contribution in [0.25, 0.3) is 0 Å². The van der Waals surface area contributed by atoms with Crippen LogP contribution in [0.4, 0.5) is 0 Å². The fraction of sp³-hybridized carbons (Fsp3) is 0.435. The lowest BCUT2D eigenvalue weighted by Gasteiger charge is -2.22. The van der Waals surface area contributed by atoms with Crippen LogP contribution in [0.1, 0.15) is 40.9 Å². The van der Waals surface area contributed by atoms with Gasteiger partial charge < -0.3 is 9.80 Å². The van der Waals surface area contributed by atoms with Gasteiger partial charge in [-0.05, 0) is 66.0 Å². The third-order valence-electron chi connectivity index (χ3n) is 5.32. The van der Waals surface area contributed by atoms with E-state index < -0.39 is 0 Å². The number of hydrogen-bond acceptors (Lipinski definition) is 3. The van der Waals surface area contributed by atoms with Gasteiger partial charge in [-0.1, -0.05) is 48.5 Å². The highest BCUT2D eigenvalue weighted by molar-refractivity contribution is 6.10. The maximum absolute atomic E-state index is 13.4. The van der Waals surface area contributed by atoms with E-state index in [0.717, 1.165) is 35.1 Å². The fourth-order valence-corrected chi connectivity index (χ4v) is 2.99. The largest absolute Gasteiger partial charge is 0.306 e. The molecule has 0 heterocycles. The van der Waals surface area contributed by atoms with Crippen LogP contribution >= 0.6 is 0 Å². The predicted molar refractivity (Wildman–Crippen MR) is 110 cm³/mol. The first kappa shape index (κ1) is 20.3. The van der Waals surface area contributed by atoms with Gasteiger partial charge >= 0.3 is 0 Å². The van der Waals surface area contributed by atoms with Crippen LogP contribution in [-0.4, -0.2) is 55.9 Å². The smallest absolute Gasteiger partial charge is 0.193 e. The molecule has 0 radical (unpaired) electrons. The molecule has 0 aromatic heterocycles. The summed E-state index contributed by atoms with van der Waals surface area (Å²) >= 11 is 0. The second-order valence-electron chi connectivity index (χ2n) is 7.68. The van der Waals surface area contributed by atoms with Crippen LogP contribution in [0, 0.1) is 0 Å². The van der Waals surface area contributed by atoms with E-state index >= 15 is 0 Å². The van der Waals surface area contributed by atoms with Crippen molar-refractivity contribution in [3.8, 4) is 0 Å². The zero-order valence-electron chi connectivity index (χ0n) is 17.0. The van der Waals surface area contributed by atoms with Crippen molar-refractivity contribution in [2.45, 2.75) is 38.8 Å². The summed E-state index contributed by atoms with van der Waals surface area (Å²) in [6, 6.07) is 16.8. The van der Waals surface area contributed by atoms with Gasteiger partial charge in [0.1, 0.15) is 0 Å². The minimum atomic E-state index is 0.133. The van der Waals surface area contributed by atoms with Gasteiger partial charge in [-0.3, -0.25) is 4.79 Å². The van der Waals surface area contributed by atoms with E-state index in [1.54, 1.807) is 0 Å². The van der Waals surface area contributed by atoms with Crippen molar-refractivity contribution in [1.29, 1.82) is 0 Å². The normalized spacial score (nSPS) is 13.8. The summed E-state index contributed by atoms with van der Waals surface area (Å²) in [5.74, 6) is 0.133. The standard InChI is InChI=1S/C23H32N2O/c1-17(24(3)4)15-19-11-7-9-13-21(19)23(26)22-14-10-8-12-20(22)16-18(2)25(5)6/h7-14,17-18H,15-16H2,1-6H3. The third-order valence-corrected chi connectivity index (χ3v) is 5.32. The Balaban J connectivity index is 2.36. The Morgan fingerprint density at radius 1 is 0.731 bits per heavy atom. The molecule has 140 valence electrons. The molecular weight excluding hydrogens is 320 g/mol. The van der Waals surface area contributed by atoms with E-state index in [9.17, 15) is 4.79 Å². The number of hydrogen-bond donors (Lipinski definition) is 0. The summed E-state index contributed by atoms with van der Waals surface area (Å²) in [6.45, 7) is 4.38. The molecule has 0 bridgehead atoms. The molecule has 3 heteroatoms. The molecule has 26 heavy (non-hydrogen) atoms. The fourth-order valence-electron chi connectivity index (χ4n) is 2.99. The van der Waals surface area contributed by atoms with Gasteiger partial charge in [-0.25, -0.2) is 0 Å². The number of nitrogens with zero attached hydrogens (tertiary/aromatic N) is 2. The minimum absolute atomic E-state index is 0.133. The molecule has 3 nitrogen and oxygen atoms in total. The van der Waals surface area contributed by atoms with Crippen molar-refractivity contribution < 1.29 is 4.79 Å². The van der Waals surface area contributed by atoms with Crippen LogP contribution in [0.5, 0.6) is 0 Å². The summed E-state index contributed by atoms with van der Waals surface area (Å²) < 4.78 is 0. The average molecular weight is 353 g/mol. The predicted octanol–water partition coefficient (Wildman–Crippen LogP) is 3.90. The zero-order valence-corrected chi connectivity index (χ0v) is 17.0. The molecule has 0 spiro atoms. The first-order chi connectivity index (χ1) is 12.3. The minimum Gasteiger partial charge on any atom is -0.306 e. The van der Waals surface area contributed by atoms with Gasteiger partial charge in [-0.15, -0.1) is 0 Å². The highest BCUT2D eigenvalue weighted by Crippen LogP contribution is 2.21. The van der Waals surface area contributed by atoms with E-state index in [4.69, 9.17) is 0 Å². The van der Waals surface area contributed by atoms with Gasteiger partial charge in [0.05, 0.1) is 0 Å². The summed E-state index contributed by atoms with van der Waals surface area (Å²) in [6.07, 6.45) is 1.73. The van der Waals surface area contributed by atoms with Crippen molar-refractivity contribution in [3.05, 3.63) is 70.8 Å². The molecule has 2 rings (SSSR count). The number of carbonyl (C=O) groups excluding carboxylic acids is 1. The van der Waals surface area contributed by atoms with E-state index in [1.807, 2.05) is 36.4 Å². The molecule has 0 saturated carbocycles. The number of ketones is 1. The number of likely N-dealkylation sites (N-methyl/N-ethyl adjacent to an activating group) is 2. The monoisotopic (exact) mass is 352 g/mol. The van der Waals surface area contributed by atoms with Crippen LogP contribution in [0.15, 0.2) is 48.5 Å². The lowest BCUT2D eigenvalue weighted by atomic mass is 9.90. The maximum Gasteiger partial charge on any atom is 0.193 e. The third kappa shape index (κ3) is 5.03. The molecule has 0 amide bonds. The van der Waals surface area contributed by atoms with Gasteiger partial charge in [-0.2, -0.15) is 0 Å². The molecular formula is C23H32N2O. The summed E-state index contributed by atoms with van der Waals surface area (Å²) in [7, 11) is 8.31. The quantitative estimate of drug-likeness (QED) is 0.673. The number of rotatable bonds is 8. The van der Waals surface area contributed by atoms with Gasteiger partial charge in [0.15, 0.2) is 5.78 Å². The highest BCUT2D eigenvalue weighted by atomic mass is 16.1. The Morgan fingerprint density at radius 2 is 1.08 bits per heavy atom. The second kappa shape index (κ2) is 9.11. The first-order valence-corrected chi connectivity index (χ1v) is 9.34. The van der Waals surface area contributed by atoms with E-state index in [1.165, 1.54) is 0 Å². The van der Waals surface area contributed by atoms with Crippen LogP contribution in [-0.2, 0) is 12.8 Å². The van der Waals surface area contributed by atoms with Crippen molar-refractivity contribution in [1.82, 2.24) is 9.80 Å². The SMILES string of the molecule is CC(Cc1ccccc1C(=O)c1ccccc1CC(C)N(C)C)N(C)C. The van der Waals surface area contributed by atoms with Crippen LogP contribution < -0.4 is 0 Å². The summed E-state index contributed by atoms with van der Waals surface area (Å²) in [4.78, 5) is 17.7. The van der Waals surface area contributed by atoms with E-state index in [2.05, 4.69) is 64.0 Å². The van der Waals surface area contributed by atoms with Crippen molar-refractivity contribution in [3.63, 3.8) is 0 Å². The van der Waals surface area contributed by atoms with Crippen molar-refractivity contribution in [2.24, 2.45) is 0 Å². The number of carbonyl (C=O) groups is 1. The highest BCUT2D eigenvalue weighted by Gasteiger charge is 2.19. The molecule has 2 unspecified atom stereocenters. The number of benzene rings is 2. The lowest BCUT2D eigenvalue weighted by Crippen LogP contribution is -2.28. The molecule has 0 aliphatic carbocycles.